The van der Waals surface area contributed by atoms with Crippen molar-refractivity contribution in [3.63, 3.8) is 0 Å². The number of aromatic hydroxyl groups is 1. The van der Waals surface area contributed by atoms with Crippen molar-refractivity contribution in [2.45, 2.75) is 20.3 Å². The van der Waals surface area contributed by atoms with Crippen molar-refractivity contribution in [2.75, 3.05) is 6.54 Å². The maximum atomic E-state index is 13.2. The van der Waals surface area contributed by atoms with Crippen LogP contribution in [0.25, 0.3) is 0 Å². The lowest BCUT2D eigenvalue weighted by molar-refractivity contribution is 0.0984. The van der Waals surface area contributed by atoms with E-state index in [0.29, 0.717) is 5.56 Å². The Morgan fingerprint density at radius 1 is 1.53 bits per heavy atom. The summed E-state index contributed by atoms with van der Waals surface area (Å²) in [5.41, 5.74) is 6.15. The fourth-order valence-electron chi connectivity index (χ4n) is 1.42. The number of carbonyl (C=O) groups excluding carboxylic acids is 1. The van der Waals surface area contributed by atoms with Gasteiger partial charge < -0.3 is 10.8 Å². The third-order valence-corrected chi connectivity index (χ3v) is 2.35. The van der Waals surface area contributed by atoms with Crippen LogP contribution in [0.4, 0.5) is 4.39 Å². The molecule has 82 valence electrons. The standard InChI is InChI=1S/C11H14FNO2/c1-6-5-8(9(14)3-4-13)7(2)11(15)10(6)12/h5,15H,3-4,13H2,1-2H3. The predicted octanol–water partition coefficient (Wildman–Crippen LogP) is 1.68. The van der Waals surface area contributed by atoms with Crippen LogP contribution in [-0.2, 0) is 0 Å². The molecule has 0 aliphatic carbocycles. The fourth-order valence-corrected chi connectivity index (χ4v) is 1.42. The number of hydrogen-bond acceptors (Lipinski definition) is 3. The number of nitrogens with two attached hydrogens (primary N) is 1. The minimum Gasteiger partial charge on any atom is -0.505 e. The molecule has 0 bridgehead atoms. The van der Waals surface area contributed by atoms with Gasteiger partial charge in [0.05, 0.1) is 0 Å². The monoisotopic (exact) mass is 211 g/mol. The Hall–Kier alpha value is -1.42. The number of hydrogen-bond donors (Lipinski definition) is 2. The van der Waals surface area contributed by atoms with Crippen molar-refractivity contribution < 1.29 is 14.3 Å². The van der Waals surface area contributed by atoms with Gasteiger partial charge in [0.15, 0.2) is 17.3 Å². The number of benzene rings is 1. The summed E-state index contributed by atoms with van der Waals surface area (Å²) in [6.45, 7) is 3.27. The Kier molecular flexibility index (Phi) is 3.42. The Balaban J connectivity index is 3.26. The molecule has 4 heteroatoms. The zero-order chi connectivity index (χ0) is 11.6. The van der Waals surface area contributed by atoms with E-state index in [-0.39, 0.29) is 29.9 Å². The quantitative estimate of drug-likeness (QED) is 0.747. The van der Waals surface area contributed by atoms with Crippen LogP contribution in [-0.4, -0.2) is 17.4 Å². The van der Waals surface area contributed by atoms with Crippen molar-refractivity contribution in [1.82, 2.24) is 0 Å². The molecule has 1 aromatic rings. The molecule has 0 heterocycles. The van der Waals surface area contributed by atoms with Crippen LogP contribution in [0.3, 0.4) is 0 Å². The lowest BCUT2D eigenvalue weighted by Gasteiger charge is -2.09. The highest BCUT2D eigenvalue weighted by atomic mass is 19.1. The van der Waals surface area contributed by atoms with Crippen molar-refractivity contribution in [3.8, 4) is 5.75 Å². The normalized spacial score (nSPS) is 10.4. The van der Waals surface area contributed by atoms with E-state index in [4.69, 9.17) is 5.73 Å². The second-order valence-electron chi connectivity index (χ2n) is 3.49. The van der Waals surface area contributed by atoms with Gasteiger partial charge in [0, 0.05) is 17.5 Å². The summed E-state index contributed by atoms with van der Waals surface area (Å²) in [6.07, 6.45) is 0.200. The molecule has 3 N–H and O–H groups in total. The molecule has 3 nitrogen and oxygen atoms in total. The number of phenols is 1. The molecule has 0 atom stereocenters. The smallest absolute Gasteiger partial charge is 0.168 e. The zero-order valence-electron chi connectivity index (χ0n) is 8.80. The van der Waals surface area contributed by atoms with Crippen molar-refractivity contribution >= 4 is 5.78 Å². The van der Waals surface area contributed by atoms with Gasteiger partial charge in [0.2, 0.25) is 0 Å². The van der Waals surface area contributed by atoms with Crippen molar-refractivity contribution in [1.29, 1.82) is 0 Å². The average molecular weight is 211 g/mol. The van der Waals surface area contributed by atoms with Crippen LogP contribution in [0.15, 0.2) is 6.07 Å². The summed E-state index contributed by atoms with van der Waals surface area (Å²) in [4.78, 5) is 11.6. The summed E-state index contributed by atoms with van der Waals surface area (Å²) >= 11 is 0. The number of ketones is 1. The molecule has 0 fully saturated rings. The maximum absolute atomic E-state index is 13.2. The number of halogens is 1. The Bertz CT molecular complexity index is 402. The van der Waals surface area contributed by atoms with E-state index in [1.54, 1.807) is 0 Å². The van der Waals surface area contributed by atoms with Crippen LogP contribution in [0.1, 0.15) is 27.9 Å². The molecule has 0 radical (unpaired) electrons. The van der Waals surface area contributed by atoms with E-state index < -0.39 is 11.6 Å². The molecule has 0 aromatic heterocycles. The van der Waals surface area contributed by atoms with E-state index >= 15 is 0 Å². The van der Waals surface area contributed by atoms with Gasteiger partial charge in [-0.3, -0.25) is 4.79 Å². The fraction of sp³-hybridized carbons (Fsp3) is 0.364. The lowest BCUT2D eigenvalue weighted by atomic mass is 9.99. The minimum absolute atomic E-state index is 0.173. The number of rotatable bonds is 3. The Labute approximate surface area is 87.7 Å². The second kappa shape index (κ2) is 4.40. The van der Waals surface area contributed by atoms with E-state index in [9.17, 15) is 14.3 Å². The molecule has 0 aliphatic heterocycles. The number of carbonyl (C=O) groups is 1. The molecule has 15 heavy (non-hydrogen) atoms. The van der Waals surface area contributed by atoms with Crippen LogP contribution >= 0.6 is 0 Å². The van der Waals surface area contributed by atoms with Crippen molar-refractivity contribution in [3.05, 3.63) is 28.6 Å². The van der Waals surface area contributed by atoms with E-state index in [2.05, 4.69) is 0 Å². The maximum Gasteiger partial charge on any atom is 0.168 e. The first-order valence-corrected chi connectivity index (χ1v) is 4.71. The van der Waals surface area contributed by atoms with Crippen LogP contribution in [0, 0.1) is 19.7 Å². The van der Waals surface area contributed by atoms with Crippen LogP contribution in [0.5, 0.6) is 5.75 Å². The number of phenolic OH excluding ortho intramolecular Hbond substituents is 1. The van der Waals surface area contributed by atoms with Gasteiger partial charge in [0.1, 0.15) is 0 Å². The number of aryl methyl sites for hydroxylation is 1. The average Bonchev–Trinajstić information content (AvgIpc) is 2.20. The zero-order valence-corrected chi connectivity index (χ0v) is 8.80. The van der Waals surface area contributed by atoms with Gasteiger partial charge in [-0.05, 0) is 32.0 Å². The largest absolute Gasteiger partial charge is 0.505 e. The molecule has 0 aliphatic rings. The molecule has 0 saturated carbocycles. The predicted molar refractivity (Wildman–Crippen MR) is 55.5 cm³/mol. The summed E-state index contributed by atoms with van der Waals surface area (Å²) < 4.78 is 13.2. The van der Waals surface area contributed by atoms with Gasteiger partial charge in [0.25, 0.3) is 0 Å². The second-order valence-corrected chi connectivity index (χ2v) is 3.49. The molecular weight excluding hydrogens is 197 g/mol. The third kappa shape index (κ3) is 2.15. The highest BCUT2D eigenvalue weighted by molar-refractivity contribution is 5.98. The van der Waals surface area contributed by atoms with Crippen LogP contribution in [0.2, 0.25) is 0 Å². The van der Waals surface area contributed by atoms with Crippen LogP contribution < -0.4 is 5.73 Å². The summed E-state index contributed by atoms with van der Waals surface area (Å²) in [5.74, 6) is -1.29. The number of Topliss-reactive ketones (excluding diaryl/α,β-unsaturated/α-hetero) is 1. The van der Waals surface area contributed by atoms with Gasteiger partial charge in [-0.1, -0.05) is 0 Å². The van der Waals surface area contributed by atoms with Gasteiger partial charge in [-0.15, -0.1) is 0 Å². The molecule has 0 unspecified atom stereocenters. The van der Waals surface area contributed by atoms with E-state index in [0.717, 1.165) is 0 Å². The highest BCUT2D eigenvalue weighted by Gasteiger charge is 2.16. The third-order valence-electron chi connectivity index (χ3n) is 2.35. The van der Waals surface area contributed by atoms with E-state index in [1.165, 1.54) is 19.9 Å². The summed E-state index contributed by atoms with van der Waals surface area (Å²) in [5, 5.41) is 9.43. The summed E-state index contributed by atoms with van der Waals surface area (Å²) in [6, 6.07) is 1.45. The molecule has 0 amide bonds. The van der Waals surface area contributed by atoms with Crippen molar-refractivity contribution in [2.24, 2.45) is 5.73 Å². The van der Waals surface area contributed by atoms with Gasteiger partial charge in [-0.2, -0.15) is 0 Å². The molecule has 0 saturated heterocycles. The SMILES string of the molecule is Cc1cc(C(=O)CCN)c(C)c(O)c1F. The van der Waals surface area contributed by atoms with E-state index in [1.807, 2.05) is 0 Å². The topological polar surface area (TPSA) is 63.3 Å². The first-order valence-electron chi connectivity index (χ1n) is 4.71. The minimum atomic E-state index is -0.670. The Morgan fingerprint density at radius 2 is 2.13 bits per heavy atom. The Morgan fingerprint density at radius 3 is 2.67 bits per heavy atom. The highest BCUT2D eigenvalue weighted by Crippen LogP contribution is 2.27. The molecule has 0 spiro atoms. The molecule has 1 aromatic carbocycles. The van der Waals surface area contributed by atoms with Gasteiger partial charge >= 0.3 is 0 Å². The van der Waals surface area contributed by atoms with Gasteiger partial charge in [-0.25, -0.2) is 4.39 Å². The summed E-state index contributed by atoms with van der Waals surface area (Å²) in [7, 11) is 0. The lowest BCUT2D eigenvalue weighted by Crippen LogP contribution is -2.10. The molecule has 1 rings (SSSR count). The first-order chi connectivity index (χ1) is 6.99. The first kappa shape index (κ1) is 11.7. The molecular formula is C11H14FNO2.